The first-order valence-corrected chi connectivity index (χ1v) is 9.72. The highest BCUT2D eigenvalue weighted by atomic mass is 19.4. The standard InChI is InChI=1S/C22H23F3N2O4/c1-30-18-7-6-15(12-19(18)31-2)21(29)27-10-8-14(9-11-27)20(28)26-17-5-3-4-16(13-17)22(23,24)25/h3-7,12-14H,8-11H2,1-2H3,(H,26,28). The summed E-state index contributed by atoms with van der Waals surface area (Å²) in [7, 11) is 3.00. The fraction of sp³-hybridized carbons (Fsp3) is 0.364. The summed E-state index contributed by atoms with van der Waals surface area (Å²) in [4.78, 5) is 26.9. The molecule has 166 valence electrons. The molecule has 9 heteroatoms. The van der Waals surface area contributed by atoms with E-state index < -0.39 is 11.7 Å². The molecule has 1 saturated heterocycles. The number of methoxy groups -OCH3 is 2. The summed E-state index contributed by atoms with van der Waals surface area (Å²) in [5, 5.41) is 2.55. The molecule has 0 unspecified atom stereocenters. The van der Waals surface area contributed by atoms with Gasteiger partial charge in [-0.15, -0.1) is 0 Å². The highest BCUT2D eigenvalue weighted by Gasteiger charge is 2.31. The van der Waals surface area contributed by atoms with Gasteiger partial charge in [0.05, 0.1) is 19.8 Å². The van der Waals surface area contributed by atoms with Crippen molar-refractivity contribution in [2.24, 2.45) is 5.92 Å². The number of carbonyl (C=O) groups excluding carboxylic acids is 2. The Morgan fingerprint density at radius 2 is 1.68 bits per heavy atom. The number of benzene rings is 2. The minimum atomic E-state index is -4.48. The van der Waals surface area contributed by atoms with Crippen LogP contribution in [0.1, 0.15) is 28.8 Å². The molecule has 3 rings (SSSR count). The number of likely N-dealkylation sites (tertiary alicyclic amines) is 1. The fourth-order valence-corrected chi connectivity index (χ4v) is 3.51. The normalized spacial score (nSPS) is 14.8. The van der Waals surface area contributed by atoms with Crippen molar-refractivity contribution in [2.45, 2.75) is 19.0 Å². The lowest BCUT2D eigenvalue weighted by atomic mass is 9.95. The Labute approximate surface area is 177 Å². The molecule has 2 amide bonds. The van der Waals surface area contributed by atoms with Crippen molar-refractivity contribution in [2.75, 3.05) is 32.6 Å². The predicted molar refractivity (Wildman–Crippen MR) is 108 cm³/mol. The smallest absolute Gasteiger partial charge is 0.416 e. The lowest BCUT2D eigenvalue weighted by Gasteiger charge is -2.31. The Bertz CT molecular complexity index is 954. The van der Waals surface area contributed by atoms with E-state index in [1.807, 2.05) is 0 Å². The van der Waals surface area contributed by atoms with Crippen LogP contribution in [0.5, 0.6) is 11.5 Å². The van der Waals surface area contributed by atoms with Crippen LogP contribution >= 0.6 is 0 Å². The topological polar surface area (TPSA) is 67.9 Å². The van der Waals surface area contributed by atoms with Crippen LogP contribution in [0.2, 0.25) is 0 Å². The summed E-state index contributed by atoms with van der Waals surface area (Å²) in [6.45, 7) is 0.738. The molecule has 0 saturated carbocycles. The number of anilines is 1. The highest BCUT2D eigenvalue weighted by Crippen LogP contribution is 2.31. The van der Waals surface area contributed by atoms with Crippen LogP contribution in [-0.2, 0) is 11.0 Å². The second-order valence-electron chi connectivity index (χ2n) is 7.20. The van der Waals surface area contributed by atoms with Gasteiger partial charge >= 0.3 is 6.18 Å². The molecule has 2 aromatic carbocycles. The third-order valence-corrected chi connectivity index (χ3v) is 5.24. The maximum Gasteiger partial charge on any atom is 0.416 e. The number of nitrogens with zero attached hydrogens (tertiary/aromatic N) is 1. The molecule has 0 spiro atoms. The Balaban J connectivity index is 1.59. The van der Waals surface area contributed by atoms with Gasteiger partial charge in [-0.05, 0) is 49.2 Å². The van der Waals surface area contributed by atoms with Crippen molar-refractivity contribution in [1.29, 1.82) is 0 Å². The molecule has 0 aromatic heterocycles. The number of alkyl halides is 3. The number of hydrogen-bond acceptors (Lipinski definition) is 4. The van der Waals surface area contributed by atoms with E-state index in [2.05, 4.69) is 5.32 Å². The van der Waals surface area contributed by atoms with Gasteiger partial charge in [-0.25, -0.2) is 0 Å². The number of halogens is 3. The van der Waals surface area contributed by atoms with Gasteiger partial charge in [0.15, 0.2) is 11.5 Å². The van der Waals surface area contributed by atoms with Crippen LogP contribution in [0.25, 0.3) is 0 Å². The zero-order chi connectivity index (χ0) is 22.6. The van der Waals surface area contributed by atoms with Crippen molar-refractivity contribution >= 4 is 17.5 Å². The maximum atomic E-state index is 12.8. The molecule has 31 heavy (non-hydrogen) atoms. The number of carbonyl (C=O) groups is 2. The van der Waals surface area contributed by atoms with Crippen LogP contribution < -0.4 is 14.8 Å². The number of nitrogens with one attached hydrogen (secondary N) is 1. The summed E-state index contributed by atoms with van der Waals surface area (Å²) in [6.07, 6.45) is -3.63. The van der Waals surface area contributed by atoms with Crippen LogP contribution in [0.3, 0.4) is 0 Å². The third-order valence-electron chi connectivity index (χ3n) is 5.24. The second kappa shape index (κ2) is 9.28. The quantitative estimate of drug-likeness (QED) is 0.763. The summed E-state index contributed by atoms with van der Waals surface area (Å²) < 4.78 is 48.9. The third kappa shape index (κ3) is 5.28. The molecule has 0 radical (unpaired) electrons. The molecule has 0 aliphatic carbocycles. The van der Waals surface area contributed by atoms with Crippen molar-refractivity contribution in [1.82, 2.24) is 4.90 Å². The Morgan fingerprint density at radius 1 is 1.00 bits per heavy atom. The molecule has 1 N–H and O–H groups in total. The van der Waals surface area contributed by atoms with Crippen LogP contribution in [-0.4, -0.2) is 44.0 Å². The van der Waals surface area contributed by atoms with Crippen LogP contribution in [0, 0.1) is 5.92 Å². The van der Waals surface area contributed by atoms with Gasteiger partial charge in [0.25, 0.3) is 5.91 Å². The molecule has 2 aromatic rings. The lowest BCUT2D eigenvalue weighted by molar-refractivity contribution is -0.137. The number of ether oxygens (including phenoxy) is 2. The molecule has 0 atom stereocenters. The van der Waals surface area contributed by atoms with Gasteiger partial charge in [0, 0.05) is 30.3 Å². The zero-order valence-corrected chi connectivity index (χ0v) is 17.2. The Morgan fingerprint density at radius 3 is 2.29 bits per heavy atom. The van der Waals surface area contributed by atoms with Crippen LogP contribution in [0.15, 0.2) is 42.5 Å². The molecule has 0 bridgehead atoms. The van der Waals surface area contributed by atoms with Crippen molar-refractivity contribution < 1.29 is 32.2 Å². The first-order chi connectivity index (χ1) is 14.7. The largest absolute Gasteiger partial charge is 0.493 e. The van der Waals surface area contributed by atoms with E-state index in [0.717, 1.165) is 12.1 Å². The number of amides is 2. The first-order valence-electron chi connectivity index (χ1n) is 9.72. The van der Waals surface area contributed by atoms with Crippen molar-refractivity contribution in [3.05, 3.63) is 53.6 Å². The highest BCUT2D eigenvalue weighted by molar-refractivity contribution is 5.96. The fourth-order valence-electron chi connectivity index (χ4n) is 3.51. The number of hydrogen-bond donors (Lipinski definition) is 1. The van der Waals surface area contributed by atoms with E-state index in [1.165, 1.54) is 26.4 Å². The van der Waals surface area contributed by atoms with Crippen LogP contribution in [0.4, 0.5) is 18.9 Å². The van der Waals surface area contributed by atoms with E-state index >= 15 is 0 Å². The first kappa shape index (κ1) is 22.5. The maximum absolute atomic E-state index is 12.8. The number of rotatable bonds is 5. The molecular weight excluding hydrogens is 413 g/mol. The summed E-state index contributed by atoms with van der Waals surface area (Å²) in [5.74, 6) is 0.0481. The van der Waals surface area contributed by atoms with E-state index in [4.69, 9.17) is 9.47 Å². The Kier molecular flexibility index (Phi) is 6.72. The van der Waals surface area contributed by atoms with E-state index in [1.54, 1.807) is 23.1 Å². The average Bonchev–Trinajstić information content (AvgIpc) is 2.77. The molecule has 1 fully saturated rings. The minimum absolute atomic E-state index is 0.101. The Hall–Kier alpha value is -3.23. The van der Waals surface area contributed by atoms with Gasteiger partial charge in [-0.3, -0.25) is 9.59 Å². The lowest BCUT2D eigenvalue weighted by Crippen LogP contribution is -2.41. The van der Waals surface area contributed by atoms with Gasteiger partial charge in [-0.1, -0.05) is 6.07 Å². The zero-order valence-electron chi connectivity index (χ0n) is 17.2. The summed E-state index contributed by atoms with van der Waals surface area (Å²) >= 11 is 0. The molecule has 6 nitrogen and oxygen atoms in total. The minimum Gasteiger partial charge on any atom is -0.493 e. The molecule has 1 aliphatic heterocycles. The van der Waals surface area contributed by atoms with Crippen molar-refractivity contribution in [3.8, 4) is 11.5 Å². The van der Waals surface area contributed by atoms with Gasteiger partial charge < -0.3 is 19.7 Å². The predicted octanol–water partition coefficient (Wildman–Crippen LogP) is 4.21. The molecule has 1 aliphatic rings. The second-order valence-corrected chi connectivity index (χ2v) is 7.20. The average molecular weight is 436 g/mol. The van der Waals surface area contributed by atoms with E-state index in [9.17, 15) is 22.8 Å². The van der Waals surface area contributed by atoms with E-state index in [0.29, 0.717) is 43.0 Å². The van der Waals surface area contributed by atoms with Gasteiger partial charge in [-0.2, -0.15) is 13.2 Å². The van der Waals surface area contributed by atoms with Gasteiger partial charge in [0.1, 0.15) is 0 Å². The van der Waals surface area contributed by atoms with E-state index in [-0.39, 0.29) is 23.4 Å². The molecular formula is C22H23F3N2O4. The number of piperidine rings is 1. The van der Waals surface area contributed by atoms with Gasteiger partial charge in [0.2, 0.25) is 5.91 Å². The van der Waals surface area contributed by atoms with Crippen molar-refractivity contribution in [3.63, 3.8) is 0 Å². The molecule has 1 heterocycles. The monoisotopic (exact) mass is 436 g/mol. The summed E-state index contributed by atoms with van der Waals surface area (Å²) in [6, 6.07) is 9.44. The SMILES string of the molecule is COc1ccc(C(=O)N2CCC(C(=O)Nc3cccc(C(F)(F)F)c3)CC2)cc1OC. The summed E-state index contributed by atoms with van der Waals surface area (Å²) in [5.41, 5.74) is -0.270.